The Morgan fingerprint density at radius 3 is 1.96 bits per heavy atom. The molecule has 19 N–H and O–H groups in total. The molecule has 38 heteroatoms. The highest BCUT2D eigenvalue weighted by molar-refractivity contribution is 6.24. The van der Waals surface area contributed by atoms with E-state index in [1.165, 1.54) is 48.8 Å². The first-order valence-corrected chi connectivity index (χ1v) is 46.6. The Morgan fingerprint density at radius 2 is 1.32 bits per heavy atom. The molecule has 136 heavy (non-hydrogen) atoms. The van der Waals surface area contributed by atoms with E-state index in [1.807, 2.05) is 59.7 Å². The number of benzene rings is 2. The summed E-state index contributed by atoms with van der Waals surface area (Å²) >= 11 is 0. The van der Waals surface area contributed by atoms with E-state index in [0.29, 0.717) is 98.3 Å². The first-order chi connectivity index (χ1) is 65.0. The summed E-state index contributed by atoms with van der Waals surface area (Å²) in [6.07, 6.45) is 7.09. The van der Waals surface area contributed by atoms with Crippen LogP contribution in [0.15, 0.2) is 92.0 Å². The summed E-state index contributed by atoms with van der Waals surface area (Å²) in [4.78, 5) is 232. The standard InChI is InChI=1S/C98H125N21O17/c1-13-59-51(8)66-42-68-53(10)61(85(110-68)83-84(97(134)135-12)87(124)82-54(11)69(111-86(82)83)44-71-60(14-2)52(9)67(108-71)43-70(59)107-66)30-32-79(121)103-34-19-25-81(123)136-47-77(118-92(129)75(40-56-45-105-63-22-17-16-21-62(56)63)116-93(130)76(41-57-46-101-48-106-57)117-88(125)64-31-33-80(122)109-64)94(131)115-74(39-55-26-28-58(120)29-27-55)91(128)114-73(38-50(6)7)90(127)113-72(37-49(4)5)89(126)112-65(23-18-35-104-98(99)100)96(133)119-36-20-24-78(119)95(132)102-15-3/h13,16-17,21-22,26-29,42-46,48-50,53,61,64-65,72-78,84,105,107,111,120H,1,14-15,18-20,23-25,30-41,47H2,2-12H3,(H,101,106)(H,102,132)(H,103,121)(H,109,122)(H,112,126)(H,113,127)(H,114,128)(H,115,131)(H,116,130)(H,117,125)(H,118,129)(H4,99,100,104)/t53-,61-,64-,65-,72-,73+,74-,75+,76-,77-,78-,84+/m0/s1. The number of imidazole rings is 1. The number of likely N-dealkylation sites (N-methyl/N-ethyl adjacent to an activating group) is 1. The van der Waals surface area contributed by atoms with Gasteiger partial charge in [-0.2, -0.15) is 0 Å². The molecule has 4 aliphatic heterocycles. The van der Waals surface area contributed by atoms with Crippen LogP contribution in [0, 0.1) is 31.1 Å². The Kier molecular flexibility index (Phi) is 33.7. The van der Waals surface area contributed by atoms with Crippen molar-refractivity contribution in [1.29, 1.82) is 5.41 Å². The van der Waals surface area contributed by atoms with E-state index < -0.39 is 150 Å². The normalized spacial score (nSPS) is 17.6. The molecule has 2 saturated heterocycles. The highest BCUT2D eigenvalue weighted by Crippen LogP contribution is 2.48. The number of hydrogen-bond donors (Lipinski definition) is 18. The number of aryl methyl sites for hydroxylation is 2. The quantitative estimate of drug-likeness (QED) is 0.00658. The molecule has 12 atom stereocenters. The number of ether oxygens (including phenoxy) is 2. The van der Waals surface area contributed by atoms with Gasteiger partial charge in [-0.25, -0.2) is 9.97 Å². The highest BCUT2D eigenvalue weighted by Gasteiger charge is 2.47. The van der Waals surface area contributed by atoms with Crippen LogP contribution in [0.25, 0.3) is 50.2 Å². The van der Waals surface area contributed by atoms with E-state index in [4.69, 9.17) is 30.6 Å². The Morgan fingerprint density at radius 1 is 0.684 bits per heavy atom. The number of guanidine groups is 1. The van der Waals surface area contributed by atoms with Gasteiger partial charge in [0.2, 0.25) is 65.0 Å². The fourth-order valence-electron chi connectivity index (χ4n) is 18.4. The Balaban J connectivity index is 0.809. The number of nitrogens with two attached hydrogens (primary N) is 1. The lowest BCUT2D eigenvalue weighted by Crippen LogP contribution is -2.61. The van der Waals surface area contributed by atoms with Crippen molar-refractivity contribution in [3.05, 3.63) is 159 Å². The number of aromatic nitrogens is 7. The lowest BCUT2D eigenvalue weighted by Gasteiger charge is -2.31. The summed E-state index contributed by atoms with van der Waals surface area (Å²) in [7, 11) is 1.22. The van der Waals surface area contributed by atoms with Crippen LogP contribution in [0.5, 0.6) is 5.75 Å². The van der Waals surface area contributed by atoms with Gasteiger partial charge in [0.1, 0.15) is 72.7 Å². The SMILES string of the molecule is C=Cc1c(C)c2cc3nc(c4c5[nH]c(cc6nc(cc1[nH]2)C(C)=C6CC)c(C)c5C(=O)[C@@H]4C(=O)OC)[C@@H](CCC(=O)NCCCC(=O)OC[C@H](NC(=O)[C@@H](Cc1c[nH]c2ccccc12)NC(=O)[C@H](Cc1cnc[nH]1)NC(=O)[C@@H]1CCC(=O)N1)C(=O)N[C@@H](Cc1ccc(O)cc1)C(=O)N[C@H](CC(C)C)C(=O)N[C@@H](CC(C)C)C(=O)N[C@@H](CCCNC(=N)N)C(=O)N1CCC[C@H]1C(=O)NCC)[C@@H]3C. The van der Waals surface area contributed by atoms with Gasteiger partial charge < -0.3 is 104 Å². The maximum atomic E-state index is 15.6. The van der Waals surface area contributed by atoms with E-state index >= 15 is 24.0 Å². The maximum absolute atomic E-state index is 15.6. The molecule has 0 radical (unpaired) electrons. The van der Waals surface area contributed by atoms with E-state index in [0.717, 1.165) is 39.0 Å². The van der Waals surface area contributed by atoms with Crippen molar-refractivity contribution in [2.75, 3.05) is 39.9 Å². The summed E-state index contributed by atoms with van der Waals surface area (Å²) < 4.78 is 11.2. The molecule has 5 aliphatic rings. The number of rotatable bonds is 43. The monoisotopic (exact) mass is 1870 g/mol. The van der Waals surface area contributed by atoms with Gasteiger partial charge in [0, 0.05) is 144 Å². The molecule has 724 valence electrons. The molecule has 2 aromatic carbocycles. The molecular weight excluding hydrogens is 1740 g/mol. The lowest BCUT2D eigenvalue weighted by molar-refractivity contribution is -0.147. The van der Waals surface area contributed by atoms with Crippen LogP contribution in [0.3, 0.4) is 0 Å². The van der Waals surface area contributed by atoms with Gasteiger partial charge in [-0.1, -0.05) is 84.5 Å². The van der Waals surface area contributed by atoms with E-state index in [-0.39, 0.29) is 138 Å². The van der Waals surface area contributed by atoms with Crippen molar-refractivity contribution in [1.82, 2.24) is 98.3 Å². The predicted octanol–water partition coefficient (Wildman–Crippen LogP) is 6.27. The number of carbonyl (C=O) groups excluding carboxylic acids is 14. The van der Waals surface area contributed by atoms with Crippen LogP contribution in [0.4, 0.5) is 0 Å². The predicted molar refractivity (Wildman–Crippen MR) is 508 cm³/mol. The molecule has 0 saturated carbocycles. The summed E-state index contributed by atoms with van der Waals surface area (Å²) in [5, 5.41) is 49.2. The number of aromatic amines is 4. The molecule has 7 aromatic rings. The Labute approximate surface area is 787 Å². The largest absolute Gasteiger partial charge is 0.508 e. The topological polar surface area (TPSA) is 565 Å². The number of phenolic OH excluding ortho intramolecular Hbond substituents is 1. The van der Waals surface area contributed by atoms with Crippen molar-refractivity contribution in [2.45, 2.75) is 244 Å². The summed E-state index contributed by atoms with van der Waals surface area (Å²) in [6, 6.07) is 6.19. The number of Topliss-reactive ketones (excluding diaryl/α,β-unsaturated/α-hetero) is 1. The second kappa shape index (κ2) is 45.6. The first kappa shape index (κ1) is 101. The summed E-state index contributed by atoms with van der Waals surface area (Å²) in [6.45, 7) is 22.6. The van der Waals surface area contributed by atoms with Crippen LogP contribution in [-0.4, -0.2) is 228 Å². The number of ketones is 1. The molecule has 0 unspecified atom stereocenters. The highest BCUT2D eigenvalue weighted by atomic mass is 16.5. The minimum Gasteiger partial charge on any atom is -0.508 e. The number of carbonyl (C=O) groups is 14. The second-order valence-electron chi connectivity index (χ2n) is 36.2. The van der Waals surface area contributed by atoms with Gasteiger partial charge in [-0.3, -0.25) is 77.5 Å². The molecular formula is C98H125N21O17. The van der Waals surface area contributed by atoms with Gasteiger partial charge in [-0.15, -0.1) is 0 Å². The number of hydrogen-bond acceptors (Lipinski definition) is 21. The fraction of sp³-hybridized carbons (Fsp3) is 0.469. The average Bonchev–Trinajstić information content (AvgIpc) is 1.56. The number of esters is 2. The zero-order valence-corrected chi connectivity index (χ0v) is 78.6. The molecule has 5 aromatic heterocycles. The molecule has 1 aliphatic carbocycles. The number of amides is 11. The van der Waals surface area contributed by atoms with E-state index in [9.17, 15) is 48.3 Å². The van der Waals surface area contributed by atoms with Crippen molar-refractivity contribution >= 4 is 139 Å². The number of para-hydroxylation sites is 1. The number of phenols is 1. The number of nitrogens with zero attached hydrogens (tertiary/aromatic N) is 4. The summed E-state index contributed by atoms with van der Waals surface area (Å²) in [5.41, 5.74) is 17.5. The van der Waals surface area contributed by atoms with Crippen molar-refractivity contribution < 1.29 is 81.7 Å². The van der Waals surface area contributed by atoms with Crippen molar-refractivity contribution in [2.24, 2.45) is 17.6 Å². The number of likely N-dealkylation sites (tertiary alicyclic amines) is 1. The van der Waals surface area contributed by atoms with Crippen molar-refractivity contribution in [3.8, 4) is 5.75 Å². The number of aromatic hydroxyl groups is 1. The summed E-state index contributed by atoms with van der Waals surface area (Å²) in [5.74, 6) is -13.5. The second-order valence-corrected chi connectivity index (χ2v) is 36.2. The Hall–Kier alpha value is -14.4. The number of H-pyrrole nitrogens is 4. The number of methoxy groups -OCH3 is 1. The lowest BCUT2D eigenvalue weighted by atomic mass is 9.84. The van der Waals surface area contributed by atoms with Gasteiger partial charge in [-0.05, 0) is 174 Å². The molecule has 12 rings (SSSR count). The smallest absolute Gasteiger partial charge is 0.321 e. The third-order valence-corrected chi connectivity index (χ3v) is 25.6. The van der Waals surface area contributed by atoms with Gasteiger partial charge in [0.15, 0.2) is 11.7 Å². The third kappa shape index (κ3) is 24.4. The zero-order valence-electron chi connectivity index (χ0n) is 78.6. The van der Waals surface area contributed by atoms with Crippen molar-refractivity contribution in [3.63, 3.8) is 0 Å². The average molecular weight is 1870 g/mol. The molecule has 2 fully saturated rings. The molecule has 0 spiro atoms. The van der Waals surface area contributed by atoms with Crippen LogP contribution >= 0.6 is 0 Å². The van der Waals surface area contributed by atoms with Gasteiger partial charge >= 0.3 is 11.9 Å². The molecule has 11 amide bonds. The van der Waals surface area contributed by atoms with Crippen LogP contribution in [0.2, 0.25) is 0 Å². The number of allylic oxidation sites excluding steroid dienone is 2. The first-order valence-electron chi connectivity index (χ1n) is 46.6. The minimum absolute atomic E-state index is 0.0311. The molecule has 9 heterocycles. The maximum Gasteiger partial charge on any atom is 0.321 e. The van der Waals surface area contributed by atoms with E-state index in [2.05, 4.69) is 96.9 Å². The number of fused-ring (bicyclic) bond motifs is 9. The van der Waals surface area contributed by atoms with Crippen LogP contribution in [0.1, 0.15) is 229 Å². The molecule has 38 nitrogen and oxygen atoms in total. The van der Waals surface area contributed by atoms with Gasteiger partial charge in [0.25, 0.3) is 0 Å². The zero-order chi connectivity index (χ0) is 98.0. The fourth-order valence-corrected chi connectivity index (χ4v) is 18.4. The van der Waals surface area contributed by atoms with E-state index in [1.54, 1.807) is 57.3 Å². The molecule has 8 bridgehead atoms. The van der Waals surface area contributed by atoms with Crippen LogP contribution in [-0.2, 0) is 91.1 Å². The number of nitrogens with one attached hydrogen (secondary N) is 16. The minimum atomic E-state index is -1.93. The van der Waals surface area contributed by atoms with Crippen LogP contribution < -0.4 is 64.2 Å². The third-order valence-electron chi connectivity index (χ3n) is 25.6. The van der Waals surface area contributed by atoms with Gasteiger partial charge in [0.05, 0.1) is 36.0 Å². The Bertz CT molecular complexity index is 5930.